The summed E-state index contributed by atoms with van der Waals surface area (Å²) in [5, 5.41) is 1.55. The average molecular weight is 278 g/mol. The van der Waals surface area contributed by atoms with Gasteiger partial charge in [0.15, 0.2) is 0 Å². The molecule has 0 bridgehead atoms. The molecule has 0 fully saturated rings. The first-order valence-electron chi connectivity index (χ1n) is 4.52. The Kier molecular flexibility index (Phi) is 2.90. The zero-order valence-electron chi connectivity index (χ0n) is 8.44. The van der Waals surface area contributed by atoms with Crippen molar-refractivity contribution in [3.05, 3.63) is 35.0 Å². The Morgan fingerprint density at radius 1 is 1.38 bits per heavy atom. The molecular weight excluding hydrogens is 269 g/mol. The van der Waals surface area contributed by atoms with E-state index in [0.29, 0.717) is 10.6 Å². The van der Waals surface area contributed by atoms with Crippen molar-refractivity contribution >= 4 is 42.2 Å². The first-order chi connectivity index (χ1) is 7.37. The summed E-state index contributed by atoms with van der Waals surface area (Å²) in [6.45, 7) is 0. The van der Waals surface area contributed by atoms with Gasteiger partial charge in [-0.3, -0.25) is 0 Å². The quantitative estimate of drug-likeness (QED) is 0.792. The van der Waals surface area contributed by atoms with E-state index in [1.807, 2.05) is 11.6 Å². The molecule has 0 saturated carbocycles. The van der Waals surface area contributed by atoms with Gasteiger partial charge in [0, 0.05) is 34.8 Å². The zero-order chi connectivity index (χ0) is 11.9. The molecule has 1 aromatic carbocycles. The minimum absolute atomic E-state index is 0.173. The number of nitrogens with zero attached hydrogens (tertiary/aromatic N) is 1. The van der Waals surface area contributed by atoms with Gasteiger partial charge in [-0.2, -0.15) is 0 Å². The molecule has 0 radical (unpaired) electrons. The molecule has 86 valence electrons. The molecule has 0 aliphatic carbocycles. The predicted molar refractivity (Wildman–Crippen MR) is 66.4 cm³/mol. The molecule has 0 unspecified atom stereocenters. The standard InChI is InChI=1S/C10H9Cl2NO2S/c1-13-5-9(11)8-3-2-7(4-10(8)13)6-16(12,14)15/h2-5H,6H2,1H3. The van der Waals surface area contributed by atoms with Crippen LogP contribution < -0.4 is 0 Å². The van der Waals surface area contributed by atoms with Crippen molar-refractivity contribution in [3.63, 3.8) is 0 Å². The molecule has 0 N–H and O–H groups in total. The highest BCUT2D eigenvalue weighted by atomic mass is 35.7. The summed E-state index contributed by atoms with van der Waals surface area (Å²) in [6.07, 6.45) is 1.78. The molecule has 2 rings (SSSR count). The van der Waals surface area contributed by atoms with Gasteiger partial charge in [0.2, 0.25) is 9.05 Å². The molecule has 0 amide bonds. The molecule has 0 saturated heterocycles. The van der Waals surface area contributed by atoms with Crippen molar-refractivity contribution in [1.82, 2.24) is 4.57 Å². The Morgan fingerprint density at radius 3 is 2.69 bits per heavy atom. The van der Waals surface area contributed by atoms with Crippen LogP contribution in [0.5, 0.6) is 0 Å². The largest absolute Gasteiger partial charge is 0.349 e. The maximum Gasteiger partial charge on any atom is 0.236 e. The third-order valence-electron chi connectivity index (χ3n) is 2.35. The van der Waals surface area contributed by atoms with E-state index in [1.54, 1.807) is 24.4 Å². The highest BCUT2D eigenvalue weighted by Gasteiger charge is 2.10. The van der Waals surface area contributed by atoms with Crippen LogP contribution in [0.1, 0.15) is 5.56 Å². The van der Waals surface area contributed by atoms with Gasteiger partial charge in [0.25, 0.3) is 0 Å². The van der Waals surface area contributed by atoms with E-state index in [9.17, 15) is 8.42 Å². The molecular formula is C10H9Cl2NO2S. The number of hydrogen-bond donors (Lipinski definition) is 0. The first-order valence-corrected chi connectivity index (χ1v) is 7.38. The van der Waals surface area contributed by atoms with Gasteiger partial charge >= 0.3 is 0 Å². The van der Waals surface area contributed by atoms with Crippen molar-refractivity contribution in [2.45, 2.75) is 5.75 Å². The van der Waals surface area contributed by atoms with E-state index in [4.69, 9.17) is 22.3 Å². The molecule has 0 spiro atoms. The Balaban J connectivity index is 2.56. The summed E-state index contributed by atoms with van der Waals surface area (Å²) >= 11 is 6.00. The molecule has 0 aliphatic heterocycles. The third kappa shape index (κ3) is 2.34. The Hall–Kier alpha value is -0.710. The van der Waals surface area contributed by atoms with Gasteiger partial charge in [-0.05, 0) is 11.6 Å². The summed E-state index contributed by atoms with van der Waals surface area (Å²) in [5.41, 5.74) is 1.54. The van der Waals surface area contributed by atoms with Crippen LogP contribution in [0.3, 0.4) is 0 Å². The first kappa shape index (κ1) is 11.8. The maximum absolute atomic E-state index is 11.0. The van der Waals surface area contributed by atoms with Gasteiger partial charge in [0.1, 0.15) is 0 Å². The predicted octanol–water partition coefficient (Wildman–Crippen LogP) is 2.90. The number of fused-ring (bicyclic) bond motifs is 1. The minimum Gasteiger partial charge on any atom is -0.349 e. The lowest BCUT2D eigenvalue weighted by atomic mass is 10.2. The highest BCUT2D eigenvalue weighted by molar-refractivity contribution is 8.13. The maximum atomic E-state index is 11.0. The van der Waals surface area contributed by atoms with Crippen molar-refractivity contribution in [3.8, 4) is 0 Å². The SMILES string of the molecule is Cn1cc(Cl)c2ccc(CS(=O)(=O)Cl)cc21. The van der Waals surface area contributed by atoms with Crippen LogP contribution >= 0.6 is 22.3 Å². The highest BCUT2D eigenvalue weighted by Crippen LogP contribution is 2.26. The fourth-order valence-electron chi connectivity index (χ4n) is 1.67. The van der Waals surface area contributed by atoms with Crippen molar-refractivity contribution in [2.75, 3.05) is 0 Å². The lowest BCUT2D eigenvalue weighted by molar-refractivity contribution is 0.609. The van der Waals surface area contributed by atoms with E-state index in [1.165, 1.54) is 0 Å². The summed E-state index contributed by atoms with van der Waals surface area (Å²) in [4.78, 5) is 0. The second kappa shape index (κ2) is 3.95. The van der Waals surface area contributed by atoms with Crippen LogP contribution in [-0.4, -0.2) is 13.0 Å². The van der Waals surface area contributed by atoms with Crippen LogP contribution in [0.25, 0.3) is 10.9 Å². The van der Waals surface area contributed by atoms with E-state index in [0.717, 1.165) is 10.9 Å². The van der Waals surface area contributed by atoms with E-state index < -0.39 is 9.05 Å². The fourth-order valence-corrected chi connectivity index (χ4v) is 2.93. The Bertz CT molecular complexity index is 646. The Labute approximate surface area is 103 Å². The number of halogens is 2. The summed E-state index contributed by atoms with van der Waals surface area (Å²) < 4.78 is 23.8. The molecule has 2 aromatic rings. The van der Waals surface area contributed by atoms with E-state index in [-0.39, 0.29) is 5.75 Å². The number of aromatic nitrogens is 1. The fraction of sp³-hybridized carbons (Fsp3) is 0.200. The lowest BCUT2D eigenvalue weighted by Crippen LogP contribution is -1.95. The molecule has 1 heterocycles. The Morgan fingerprint density at radius 2 is 2.06 bits per heavy atom. The molecule has 0 aliphatic rings. The number of hydrogen-bond acceptors (Lipinski definition) is 2. The van der Waals surface area contributed by atoms with Gasteiger partial charge in [-0.15, -0.1) is 0 Å². The summed E-state index contributed by atoms with van der Waals surface area (Å²) in [6, 6.07) is 5.30. The van der Waals surface area contributed by atoms with Crippen LogP contribution in [0.4, 0.5) is 0 Å². The van der Waals surface area contributed by atoms with Gasteiger partial charge < -0.3 is 4.57 Å². The monoisotopic (exact) mass is 277 g/mol. The summed E-state index contributed by atoms with van der Waals surface area (Å²) in [5.74, 6) is -0.173. The molecule has 6 heteroatoms. The minimum atomic E-state index is -3.52. The normalized spacial score (nSPS) is 12.2. The van der Waals surface area contributed by atoms with Crippen LogP contribution in [0, 0.1) is 0 Å². The smallest absolute Gasteiger partial charge is 0.236 e. The van der Waals surface area contributed by atoms with Crippen LogP contribution in [0.15, 0.2) is 24.4 Å². The van der Waals surface area contributed by atoms with E-state index >= 15 is 0 Å². The van der Waals surface area contributed by atoms with Crippen molar-refractivity contribution in [2.24, 2.45) is 7.05 Å². The van der Waals surface area contributed by atoms with Gasteiger partial charge in [-0.1, -0.05) is 23.7 Å². The number of benzene rings is 1. The summed E-state index contributed by atoms with van der Waals surface area (Å²) in [7, 11) is 3.54. The lowest BCUT2D eigenvalue weighted by Gasteiger charge is -2.00. The van der Waals surface area contributed by atoms with Crippen molar-refractivity contribution in [1.29, 1.82) is 0 Å². The van der Waals surface area contributed by atoms with Crippen LogP contribution in [-0.2, 0) is 21.9 Å². The second-order valence-electron chi connectivity index (χ2n) is 3.62. The molecule has 0 atom stereocenters. The molecule has 16 heavy (non-hydrogen) atoms. The second-order valence-corrected chi connectivity index (χ2v) is 6.81. The molecule has 1 aromatic heterocycles. The van der Waals surface area contributed by atoms with Gasteiger partial charge in [-0.25, -0.2) is 8.42 Å². The molecule has 3 nitrogen and oxygen atoms in total. The number of rotatable bonds is 2. The average Bonchev–Trinajstić information content (AvgIpc) is 2.40. The number of aryl methyl sites for hydroxylation is 1. The zero-order valence-corrected chi connectivity index (χ0v) is 10.8. The third-order valence-corrected chi connectivity index (χ3v) is 3.65. The van der Waals surface area contributed by atoms with Crippen molar-refractivity contribution < 1.29 is 8.42 Å². The van der Waals surface area contributed by atoms with Gasteiger partial charge in [0.05, 0.1) is 10.8 Å². The van der Waals surface area contributed by atoms with E-state index in [2.05, 4.69) is 0 Å². The van der Waals surface area contributed by atoms with Crippen LogP contribution in [0.2, 0.25) is 5.02 Å². The topological polar surface area (TPSA) is 39.1 Å².